The SMILES string of the molecule is CC(C)Cc1cc(CN2C[C@@H]3NC(=O)c4ncccc4OCCn4cc(nn4)CO[C@H]3C2)[nH]n1. The average molecular weight is 467 g/mol. The lowest BCUT2D eigenvalue weighted by molar-refractivity contribution is 0.0292. The van der Waals surface area contributed by atoms with Crippen LogP contribution < -0.4 is 10.1 Å². The molecule has 3 aromatic rings. The summed E-state index contributed by atoms with van der Waals surface area (Å²) in [5.41, 5.74) is 3.13. The third kappa shape index (κ3) is 5.26. The van der Waals surface area contributed by atoms with Gasteiger partial charge in [-0.3, -0.25) is 14.8 Å². The normalized spacial score (nSPS) is 21.4. The van der Waals surface area contributed by atoms with Crippen LogP contribution in [0.15, 0.2) is 30.6 Å². The van der Waals surface area contributed by atoms with Gasteiger partial charge < -0.3 is 14.8 Å². The molecule has 0 spiro atoms. The Morgan fingerprint density at radius 1 is 1.29 bits per heavy atom. The molecule has 11 nitrogen and oxygen atoms in total. The summed E-state index contributed by atoms with van der Waals surface area (Å²) >= 11 is 0. The molecule has 1 amide bonds. The fraction of sp³-hybridized carbons (Fsp3) is 0.522. The summed E-state index contributed by atoms with van der Waals surface area (Å²) in [5.74, 6) is 0.723. The number of likely N-dealkylation sites (tertiary alicyclic amines) is 1. The van der Waals surface area contributed by atoms with Gasteiger partial charge in [-0.2, -0.15) is 5.10 Å². The maximum absolute atomic E-state index is 13.1. The second-order valence-electron chi connectivity index (χ2n) is 9.28. The fourth-order valence-electron chi connectivity index (χ4n) is 4.41. The van der Waals surface area contributed by atoms with Crippen molar-refractivity contribution in [2.24, 2.45) is 5.92 Å². The molecule has 2 aliphatic heterocycles. The monoisotopic (exact) mass is 466 g/mol. The Bertz CT molecular complexity index is 1130. The molecule has 5 rings (SSSR count). The topological polar surface area (TPSA) is 123 Å². The van der Waals surface area contributed by atoms with Gasteiger partial charge in [0.05, 0.1) is 37.2 Å². The zero-order valence-electron chi connectivity index (χ0n) is 19.5. The van der Waals surface area contributed by atoms with E-state index in [4.69, 9.17) is 9.47 Å². The van der Waals surface area contributed by atoms with E-state index in [1.54, 1.807) is 23.0 Å². The van der Waals surface area contributed by atoms with Crippen LogP contribution in [0.4, 0.5) is 0 Å². The van der Waals surface area contributed by atoms with Crippen molar-refractivity contribution in [2.45, 2.75) is 52.1 Å². The number of nitrogens with zero attached hydrogens (tertiary/aromatic N) is 6. The molecular formula is C23H30N8O3. The lowest BCUT2D eigenvalue weighted by Crippen LogP contribution is -2.44. The van der Waals surface area contributed by atoms with Crippen LogP contribution in [0.2, 0.25) is 0 Å². The molecule has 2 atom stereocenters. The predicted molar refractivity (Wildman–Crippen MR) is 122 cm³/mol. The molecule has 2 bridgehead atoms. The highest BCUT2D eigenvalue weighted by Crippen LogP contribution is 2.21. The minimum Gasteiger partial charge on any atom is -0.489 e. The van der Waals surface area contributed by atoms with E-state index in [1.165, 1.54) is 0 Å². The molecule has 0 saturated carbocycles. The Labute approximate surface area is 197 Å². The van der Waals surface area contributed by atoms with E-state index < -0.39 is 0 Å². The minimum atomic E-state index is -0.272. The highest BCUT2D eigenvalue weighted by molar-refractivity contribution is 5.95. The molecule has 0 aromatic carbocycles. The third-order valence-electron chi connectivity index (χ3n) is 5.95. The molecule has 0 radical (unpaired) electrons. The quantitative estimate of drug-likeness (QED) is 0.588. The number of rotatable bonds is 4. The van der Waals surface area contributed by atoms with E-state index in [1.807, 2.05) is 6.20 Å². The van der Waals surface area contributed by atoms with Crippen molar-refractivity contribution in [3.63, 3.8) is 0 Å². The number of fused-ring (bicyclic) bond motifs is 4. The third-order valence-corrected chi connectivity index (χ3v) is 5.95. The Kier molecular flexibility index (Phi) is 6.54. The number of carbonyl (C=O) groups is 1. The van der Waals surface area contributed by atoms with E-state index >= 15 is 0 Å². The van der Waals surface area contributed by atoms with Crippen LogP contribution >= 0.6 is 0 Å². The van der Waals surface area contributed by atoms with Crippen LogP contribution in [0.1, 0.15) is 41.4 Å². The Morgan fingerprint density at radius 2 is 2.21 bits per heavy atom. The van der Waals surface area contributed by atoms with E-state index in [9.17, 15) is 4.79 Å². The van der Waals surface area contributed by atoms with Gasteiger partial charge in [0.1, 0.15) is 12.3 Å². The number of aromatic amines is 1. The number of pyridine rings is 1. The van der Waals surface area contributed by atoms with Crippen LogP contribution in [-0.4, -0.2) is 72.8 Å². The Balaban J connectivity index is 1.34. The van der Waals surface area contributed by atoms with Gasteiger partial charge >= 0.3 is 0 Å². The van der Waals surface area contributed by atoms with Gasteiger partial charge in [0.15, 0.2) is 11.4 Å². The van der Waals surface area contributed by atoms with Crippen molar-refractivity contribution in [1.82, 2.24) is 40.4 Å². The summed E-state index contributed by atoms with van der Waals surface area (Å²) in [6, 6.07) is 5.41. The highest BCUT2D eigenvalue weighted by atomic mass is 16.5. The molecule has 34 heavy (non-hydrogen) atoms. The molecule has 0 unspecified atom stereocenters. The van der Waals surface area contributed by atoms with Crippen molar-refractivity contribution in [1.29, 1.82) is 0 Å². The van der Waals surface area contributed by atoms with Crippen LogP contribution in [-0.2, 0) is 30.9 Å². The lowest BCUT2D eigenvalue weighted by Gasteiger charge is -2.20. The summed E-state index contributed by atoms with van der Waals surface area (Å²) in [4.78, 5) is 19.7. The summed E-state index contributed by atoms with van der Waals surface area (Å²) in [6.07, 6.45) is 4.19. The predicted octanol–water partition coefficient (Wildman–Crippen LogP) is 1.19. The Hall–Kier alpha value is -3.31. The van der Waals surface area contributed by atoms with E-state index in [-0.39, 0.29) is 23.7 Å². The number of hydrogen-bond acceptors (Lipinski definition) is 8. The molecule has 1 fully saturated rings. The average Bonchev–Trinajstić information content (AvgIpc) is 3.53. The summed E-state index contributed by atoms with van der Waals surface area (Å²) in [6.45, 7) is 7.55. The van der Waals surface area contributed by atoms with E-state index in [0.29, 0.717) is 51.1 Å². The summed E-state index contributed by atoms with van der Waals surface area (Å²) < 4.78 is 13.8. The van der Waals surface area contributed by atoms with E-state index in [0.717, 1.165) is 23.5 Å². The van der Waals surface area contributed by atoms with Gasteiger partial charge in [0.25, 0.3) is 5.91 Å². The number of nitrogens with one attached hydrogen (secondary N) is 2. The number of H-pyrrole nitrogens is 1. The molecule has 1 saturated heterocycles. The minimum absolute atomic E-state index is 0.205. The van der Waals surface area contributed by atoms with Crippen molar-refractivity contribution < 1.29 is 14.3 Å². The molecule has 180 valence electrons. The second kappa shape index (κ2) is 9.90. The number of carbonyl (C=O) groups excluding carboxylic acids is 1. The van der Waals surface area contributed by atoms with Crippen LogP contribution in [0, 0.1) is 5.92 Å². The van der Waals surface area contributed by atoms with Crippen LogP contribution in [0.25, 0.3) is 0 Å². The number of aromatic nitrogens is 6. The zero-order chi connectivity index (χ0) is 23.5. The van der Waals surface area contributed by atoms with Crippen LogP contribution in [0.5, 0.6) is 5.75 Å². The van der Waals surface area contributed by atoms with E-state index in [2.05, 4.69) is 55.6 Å². The number of hydrogen-bond donors (Lipinski definition) is 2. The van der Waals surface area contributed by atoms with Gasteiger partial charge in [0.2, 0.25) is 0 Å². The molecule has 5 heterocycles. The molecule has 2 aliphatic rings. The van der Waals surface area contributed by atoms with Crippen molar-refractivity contribution >= 4 is 5.91 Å². The Morgan fingerprint density at radius 3 is 3.09 bits per heavy atom. The van der Waals surface area contributed by atoms with Crippen molar-refractivity contribution in [2.75, 3.05) is 19.7 Å². The lowest BCUT2D eigenvalue weighted by atomic mass is 10.1. The van der Waals surface area contributed by atoms with Gasteiger partial charge in [0, 0.05) is 31.5 Å². The first-order chi connectivity index (χ1) is 16.5. The maximum atomic E-state index is 13.1. The maximum Gasteiger partial charge on any atom is 0.274 e. The number of amides is 1. The molecule has 2 N–H and O–H groups in total. The number of ether oxygens (including phenoxy) is 2. The molecule has 11 heteroatoms. The van der Waals surface area contributed by atoms with Gasteiger partial charge in [-0.25, -0.2) is 9.67 Å². The smallest absolute Gasteiger partial charge is 0.274 e. The molecular weight excluding hydrogens is 436 g/mol. The van der Waals surface area contributed by atoms with Crippen LogP contribution in [0.3, 0.4) is 0 Å². The first kappa shape index (κ1) is 22.5. The highest BCUT2D eigenvalue weighted by Gasteiger charge is 2.36. The first-order valence-corrected chi connectivity index (χ1v) is 11.7. The molecule has 0 aliphatic carbocycles. The van der Waals surface area contributed by atoms with Crippen molar-refractivity contribution in [3.05, 3.63) is 53.4 Å². The van der Waals surface area contributed by atoms with Gasteiger partial charge in [-0.1, -0.05) is 19.1 Å². The first-order valence-electron chi connectivity index (χ1n) is 11.7. The molecule has 3 aromatic heterocycles. The van der Waals surface area contributed by atoms with Crippen molar-refractivity contribution in [3.8, 4) is 5.75 Å². The largest absolute Gasteiger partial charge is 0.489 e. The summed E-state index contributed by atoms with van der Waals surface area (Å²) in [7, 11) is 0. The zero-order valence-corrected chi connectivity index (χ0v) is 19.5. The standard InChI is InChI=1S/C23H30N8O3/c1-15(2)8-16-9-17(27-26-16)10-30-12-19-21(13-30)34-14-18-11-31(29-28-18)6-7-33-20-4-3-5-24-22(20)23(32)25-19/h3-5,9,11,15,19,21H,6-8,10,12-14H2,1-2H3,(H,25,32)(H,26,27)/t19-,21-/m0/s1. The van der Waals surface area contributed by atoms with Gasteiger partial charge in [-0.05, 0) is 30.5 Å². The fourth-order valence-corrected chi connectivity index (χ4v) is 4.41. The summed E-state index contributed by atoms with van der Waals surface area (Å²) in [5, 5.41) is 19.1. The van der Waals surface area contributed by atoms with Gasteiger partial charge in [-0.15, -0.1) is 5.10 Å². The second-order valence-corrected chi connectivity index (χ2v) is 9.28.